The number of ether oxygens (including phenoxy) is 1. The average Bonchev–Trinajstić information content (AvgIpc) is 3.58. The van der Waals surface area contributed by atoms with Crippen LogP contribution in [0.1, 0.15) is 43.5 Å². The lowest BCUT2D eigenvalue weighted by Gasteiger charge is -2.24. The number of sulfonamides is 1. The summed E-state index contributed by atoms with van der Waals surface area (Å²) in [6.45, 7) is 4.97. The van der Waals surface area contributed by atoms with Crippen molar-refractivity contribution in [1.82, 2.24) is 4.90 Å². The Morgan fingerprint density at radius 1 is 1.13 bits per heavy atom. The molecule has 0 saturated heterocycles. The SMILES string of the molecule is COc1ccc(N(C)S(=O)(=O)c2cccc(C(=O)N(CCC(C)C)C3CC3)c2)cc1. The molecule has 0 bridgehead atoms. The Morgan fingerprint density at radius 3 is 2.37 bits per heavy atom. The van der Waals surface area contributed by atoms with Crippen molar-refractivity contribution in [3.8, 4) is 5.75 Å². The highest BCUT2D eigenvalue weighted by molar-refractivity contribution is 7.92. The first-order valence-electron chi connectivity index (χ1n) is 10.3. The molecular weight excluding hydrogens is 400 g/mol. The van der Waals surface area contributed by atoms with Gasteiger partial charge in [-0.2, -0.15) is 0 Å². The van der Waals surface area contributed by atoms with Gasteiger partial charge in [-0.15, -0.1) is 0 Å². The van der Waals surface area contributed by atoms with Crippen LogP contribution in [0, 0.1) is 5.92 Å². The molecule has 1 aliphatic rings. The first-order chi connectivity index (χ1) is 14.2. The standard InChI is InChI=1S/C23H30N2O4S/c1-17(2)14-15-25(20-8-9-20)23(26)18-6-5-7-22(16-18)30(27,28)24(3)19-10-12-21(29-4)13-11-19/h5-7,10-13,16-17,20H,8-9,14-15H2,1-4H3. The fourth-order valence-corrected chi connectivity index (χ4v) is 4.52. The van der Waals surface area contributed by atoms with Gasteiger partial charge in [0, 0.05) is 25.2 Å². The summed E-state index contributed by atoms with van der Waals surface area (Å²) in [5.74, 6) is 1.06. The maximum absolute atomic E-state index is 13.2. The third-order valence-electron chi connectivity index (χ3n) is 5.37. The number of methoxy groups -OCH3 is 1. The minimum atomic E-state index is -3.80. The van der Waals surface area contributed by atoms with Crippen LogP contribution < -0.4 is 9.04 Å². The minimum Gasteiger partial charge on any atom is -0.497 e. The Morgan fingerprint density at radius 2 is 1.80 bits per heavy atom. The van der Waals surface area contributed by atoms with E-state index >= 15 is 0 Å². The second-order valence-corrected chi connectivity index (χ2v) is 10.1. The lowest BCUT2D eigenvalue weighted by molar-refractivity contribution is 0.0735. The van der Waals surface area contributed by atoms with E-state index in [2.05, 4.69) is 13.8 Å². The molecule has 1 amide bonds. The molecule has 6 nitrogen and oxygen atoms in total. The summed E-state index contributed by atoms with van der Waals surface area (Å²) in [5, 5.41) is 0. The molecule has 30 heavy (non-hydrogen) atoms. The van der Waals surface area contributed by atoms with E-state index in [-0.39, 0.29) is 16.8 Å². The Labute approximate surface area is 179 Å². The molecule has 0 unspecified atom stereocenters. The van der Waals surface area contributed by atoms with Crippen LogP contribution >= 0.6 is 0 Å². The van der Waals surface area contributed by atoms with E-state index in [4.69, 9.17) is 4.74 Å². The van der Waals surface area contributed by atoms with Crippen molar-refractivity contribution in [3.63, 3.8) is 0 Å². The quantitative estimate of drug-likeness (QED) is 0.599. The van der Waals surface area contributed by atoms with Gasteiger partial charge in [-0.05, 0) is 67.6 Å². The van der Waals surface area contributed by atoms with E-state index in [1.54, 1.807) is 43.5 Å². The topological polar surface area (TPSA) is 66.9 Å². The van der Waals surface area contributed by atoms with Crippen LogP contribution in [0.2, 0.25) is 0 Å². The third kappa shape index (κ3) is 4.95. The third-order valence-corrected chi connectivity index (χ3v) is 7.15. The number of anilines is 1. The summed E-state index contributed by atoms with van der Waals surface area (Å²) in [6, 6.07) is 13.4. The van der Waals surface area contributed by atoms with Crippen LogP contribution in [0.3, 0.4) is 0 Å². The molecule has 0 spiro atoms. The van der Waals surface area contributed by atoms with Crippen molar-refractivity contribution in [2.75, 3.05) is 25.0 Å². The normalized spacial score (nSPS) is 13.9. The molecule has 0 heterocycles. The zero-order chi connectivity index (χ0) is 21.9. The number of amides is 1. The Balaban J connectivity index is 1.84. The predicted molar refractivity (Wildman–Crippen MR) is 119 cm³/mol. The van der Waals surface area contributed by atoms with Crippen LogP contribution in [-0.2, 0) is 10.0 Å². The fraction of sp³-hybridized carbons (Fsp3) is 0.435. The average molecular weight is 431 g/mol. The molecular formula is C23H30N2O4S. The largest absolute Gasteiger partial charge is 0.497 e. The summed E-state index contributed by atoms with van der Waals surface area (Å²) < 4.78 is 32.7. The van der Waals surface area contributed by atoms with Gasteiger partial charge in [0.15, 0.2) is 0 Å². The van der Waals surface area contributed by atoms with E-state index in [0.717, 1.165) is 19.3 Å². The van der Waals surface area contributed by atoms with Crippen molar-refractivity contribution in [1.29, 1.82) is 0 Å². The van der Waals surface area contributed by atoms with Crippen LogP contribution in [0.4, 0.5) is 5.69 Å². The molecule has 3 rings (SSSR count). The van der Waals surface area contributed by atoms with Gasteiger partial charge in [-0.1, -0.05) is 19.9 Å². The summed E-state index contributed by atoms with van der Waals surface area (Å²) in [6.07, 6.45) is 2.96. The zero-order valence-electron chi connectivity index (χ0n) is 18.0. The Bertz CT molecular complexity index is 983. The second-order valence-electron chi connectivity index (χ2n) is 8.11. The van der Waals surface area contributed by atoms with Gasteiger partial charge in [0.05, 0.1) is 17.7 Å². The first kappa shape index (κ1) is 22.2. The Kier molecular flexibility index (Phi) is 6.71. The van der Waals surface area contributed by atoms with Gasteiger partial charge in [-0.25, -0.2) is 8.42 Å². The van der Waals surface area contributed by atoms with Gasteiger partial charge >= 0.3 is 0 Å². The van der Waals surface area contributed by atoms with Crippen LogP contribution in [0.5, 0.6) is 5.75 Å². The number of carbonyl (C=O) groups is 1. The zero-order valence-corrected chi connectivity index (χ0v) is 18.9. The van der Waals surface area contributed by atoms with Gasteiger partial charge in [0.1, 0.15) is 5.75 Å². The number of hydrogen-bond acceptors (Lipinski definition) is 4. The van der Waals surface area contributed by atoms with Crippen LogP contribution in [-0.4, -0.2) is 46.0 Å². The van der Waals surface area contributed by atoms with E-state index in [1.807, 2.05) is 4.90 Å². The number of nitrogens with zero attached hydrogens (tertiary/aromatic N) is 2. The number of hydrogen-bond donors (Lipinski definition) is 0. The number of benzene rings is 2. The van der Waals surface area contributed by atoms with E-state index < -0.39 is 10.0 Å². The molecule has 0 aliphatic heterocycles. The van der Waals surface area contributed by atoms with Crippen LogP contribution in [0.15, 0.2) is 53.4 Å². The predicted octanol–water partition coefficient (Wildman–Crippen LogP) is 4.17. The smallest absolute Gasteiger partial charge is 0.264 e. The maximum atomic E-state index is 13.2. The molecule has 1 aliphatic carbocycles. The second kappa shape index (κ2) is 9.08. The van der Waals surface area contributed by atoms with E-state index in [9.17, 15) is 13.2 Å². The van der Waals surface area contributed by atoms with E-state index in [0.29, 0.717) is 29.5 Å². The van der Waals surface area contributed by atoms with Gasteiger partial charge in [0.25, 0.3) is 15.9 Å². The molecule has 162 valence electrons. The van der Waals surface area contributed by atoms with Crippen LogP contribution in [0.25, 0.3) is 0 Å². The first-order valence-corrected chi connectivity index (χ1v) is 11.7. The fourth-order valence-electron chi connectivity index (χ4n) is 3.28. The molecule has 1 saturated carbocycles. The maximum Gasteiger partial charge on any atom is 0.264 e. The molecule has 0 atom stereocenters. The van der Waals surface area contributed by atoms with Gasteiger partial charge < -0.3 is 9.64 Å². The highest BCUT2D eigenvalue weighted by atomic mass is 32.2. The van der Waals surface area contributed by atoms with Gasteiger partial charge in [-0.3, -0.25) is 9.10 Å². The number of carbonyl (C=O) groups excluding carboxylic acids is 1. The van der Waals surface area contributed by atoms with Gasteiger partial charge in [0.2, 0.25) is 0 Å². The molecule has 2 aromatic rings. The van der Waals surface area contributed by atoms with Crippen molar-refractivity contribution in [2.45, 2.75) is 44.0 Å². The summed E-state index contributed by atoms with van der Waals surface area (Å²) in [5.41, 5.74) is 0.930. The lowest BCUT2D eigenvalue weighted by Crippen LogP contribution is -2.35. The molecule has 0 aromatic heterocycles. The molecule has 0 radical (unpaired) electrons. The minimum absolute atomic E-state index is 0.0951. The number of rotatable bonds is 9. The highest BCUT2D eigenvalue weighted by Crippen LogP contribution is 2.30. The van der Waals surface area contributed by atoms with Crippen molar-refractivity contribution in [2.24, 2.45) is 5.92 Å². The van der Waals surface area contributed by atoms with Crippen molar-refractivity contribution >= 4 is 21.6 Å². The summed E-state index contributed by atoms with van der Waals surface area (Å²) in [7, 11) is -0.738. The van der Waals surface area contributed by atoms with Crippen molar-refractivity contribution < 1.29 is 17.9 Å². The summed E-state index contributed by atoms with van der Waals surface area (Å²) in [4.78, 5) is 15.1. The molecule has 7 heteroatoms. The highest BCUT2D eigenvalue weighted by Gasteiger charge is 2.33. The van der Waals surface area contributed by atoms with E-state index in [1.165, 1.54) is 23.5 Å². The van der Waals surface area contributed by atoms with Crippen molar-refractivity contribution in [3.05, 3.63) is 54.1 Å². The monoisotopic (exact) mass is 430 g/mol. The lowest BCUT2D eigenvalue weighted by atomic mass is 10.1. The Hall–Kier alpha value is -2.54. The molecule has 0 N–H and O–H groups in total. The molecule has 1 fully saturated rings. The summed E-state index contributed by atoms with van der Waals surface area (Å²) >= 11 is 0. The molecule has 2 aromatic carbocycles.